The molecule has 0 saturated heterocycles. The quantitative estimate of drug-likeness (QED) is 0.305. The molecule has 1 atom stereocenters. The van der Waals surface area contributed by atoms with Gasteiger partial charge in [-0.05, 0) is 24.3 Å². The maximum atomic E-state index is 11.7. The van der Waals surface area contributed by atoms with E-state index in [1.807, 2.05) is 0 Å². The van der Waals surface area contributed by atoms with Crippen LogP contribution in [0, 0.1) is 6.92 Å². The Labute approximate surface area is 142 Å². The van der Waals surface area contributed by atoms with Crippen molar-refractivity contribution in [2.24, 2.45) is 0 Å². The summed E-state index contributed by atoms with van der Waals surface area (Å²) < 4.78 is 5.39. The average molecular weight is 491 g/mol. The van der Waals surface area contributed by atoms with E-state index in [1.54, 1.807) is 24.3 Å². The minimum absolute atomic E-state index is 0.0543. The van der Waals surface area contributed by atoms with Gasteiger partial charge in [0.05, 0.1) is 7.11 Å². The normalized spacial score (nSPS) is 10.8. The summed E-state index contributed by atoms with van der Waals surface area (Å²) in [5, 5.41) is 2.61. The summed E-state index contributed by atoms with van der Waals surface area (Å²) in [5.41, 5.74) is 0.520. The maximum absolute atomic E-state index is 11.7. The number of rotatable bonds is 4. The molecule has 1 aromatic carbocycles. The van der Waals surface area contributed by atoms with Crippen molar-refractivity contribution in [1.82, 2.24) is 5.32 Å². The standard InChI is InChI=1S/C12H13BrNO3.HI.Zn/c1-8(7-11(15)17-2)14-12(16)9-3-5-10(13)6-4-9;;/h3-6,8H,1,7H2,2H3,(H,14,16);1H;/q-1;;+2/p-1/t8-;;/m1../s1. The number of halogens is 2. The molecule has 0 unspecified atom stereocenters. The third-order valence-electron chi connectivity index (χ3n) is 2.08. The number of amides is 1. The Bertz CT molecular complexity index is 414. The van der Waals surface area contributed by atoms with Crippen LogP contribution in [0.15, 0.2) is 28.7 Å². The fourth-order valence-electron chi connectivity index (χ4n) is 1.21. The second-order valence-corrected chi connectivity index (χ2v) is 4.37. The molecule has 1 aromatic rings. The monoisotopic (exact) mass is 489 g/mol. The molecule has 0 aromatic heterocycles. The van der Waals surface area contributed by atoms with Gasteiger partial charge in [0, 0.05) is 16.5 Å². The van der Waals surface area contributed by atoms with Crippen molar-refractivity contribution in [2.45, 2.75) is 12.5 Å². The van der Waals surface area contributed by atoms with Gasteiger partial charge in [-0.25, -0.2) is 0 Å². The van der Waals surface area contributed by atoms with Crippen molar-refractivity contribution < 1.29 is 29.1 Å². The van der Waals surface area contributed by atoms with Crippen molar-refractivity contribution in [1.29, 1.82) is 0 Å². The van der Waals surface area contributed by atoms with Crippen LogP contribution >= 0.6 is 35.7 Å². The van der Waals surface area contributed by atoms with Crippen molar-refractivity contribution in [2.75, 3.05) is 7.11 Å². The van der Waals surface area contributed by atoms with E-state index in [-0.39, 0.29) is 12.3 Å². The number of nitrogens with one attached hydrogen (secondary N) is 1. The molecule has 0 aliphatic carbocycles. The molecule has 0 bridgehead atoms. The zero-order valence-electron chi connectivity index (χ0n) is 10.5. The first-order chi connectivity index (χ1) is 9.02. The first-order valence-electron chi connectivity index (χ1n) is 5.26. The van der Waals surface area contributed by atoms with Gasteiger partial charge in [-0.3, -0.25) is 9.59 Å². The molecular formula is C12H13BrINO3Zn. The molecule has 19 heavy (non-hydrogen) atoms. The van der Waals surface area contributed by atoms with Gasteiger partial charge in [0.1, 0.15) is 0 Å². The molecule has 0 radical (unpaired) electrons. The summed E-state index contributed by atoms with van der Waals surface area (Å²) in [4.78, 5) is 22.7. The Morgan fingerprint density at radius 2 is 1.95 bits per heavy atom. The Morgan fingerprint density at radius 3 is 2.42 bits per heavy atom. The number of hydrogen-bond acceptors (Lipinski definition) is 3. The zero-order chi connectivity index (χ0) is 14.8. The molecule has 7 heteroatoms. The van der Waals surface area contributed by atoms with E-state index in [4.69, 9.17) is 0 Å². The van der Waals surface area contributed by atoms with Crippen molar-refractivity contribution in [3.8, 4) is 0 Å². The fraction of sp³-hybridized carbons (Fsp3) is 0.250. The van der Waals surface area contributed by atoms with Crippen molar-refractivity contribution in [3.05, 3.63) is 41.2 Å². The van der Waals surface area contributed by atoms with E-state index in [0.29, 0.717) is 5.56 Å². The number of ether oxygens (including phenoxy) is 1. The topological polar surface area (TPSA) is 55.4 Å². The third kappa shape index (κ3) is 7.99. The zero-order valence-corrected chi connectivity index (χ0v) is 17.2. The average Bonchev–Trinajstić information content (AvgIpc) is 2.41. The van der Waals surface area contributed by atoms with Crippen molar-refractivity contribution in [3.63, 3.8) is 0 Å². The van der Waals surface area contributed by atoms with Gasteiger partial charge in [-0.1, -0.05) is 22.0 Å². The Morgan fingerprint density at radius 1 is 1.42 bits per heavy atom. The molecular weight excluding hydrogens is 478 g/mol. The third-order valence-corrected chi connectivity index (χ3v) is 2.61. The predicted octanol–water partition coefficient (Wildman–Crippen LogP) is 2.83. The molecule has 1 amide bonds. The van der Waals surface area contributed by atoms with E-state index in [1.165, 1.54) is 21.9 Å². The second kappa shape index (κ2) is 10.7. The van der Waals surface area contributed by atoms with Crippen LogP contribution in [-0.2, 0) is 24.3 Å². The summed E-state index contributed by atoms with van der Waals surface area (Å²) in [6.45, 7) is 3.67. The van der Waals surface area contributed by atoms with Crippen LogP contribution in [0.25, 0.3) is 0 Å². The van der Waals surface area contributed by atoms with Gasteiger partial charge in [0.15, 0.2) is 0 Å². The van der Waals surface area contributed by atoms with E-state index < -0.39 is 12.0 Å². The number of benzene rings is 1. The summed E-state index contributed by atoms with van der Waals surface area (Å²) in [6.07, 6.45) is 0.0543. The molecule has 0 fully saturated rings. The molecule has 0 saturated carbocycles. The first kappa shape index (κ1) is 19.0. The number of carbonyl (C=O) groups is 2. The van der Waals surface area contributed by atoms with Gasteiger partial charge in [0.25, 0.3) is 0 Å². The molecule has 0 aliphatic rings. The Balaban J connectivity index is 0.00000154. The summed E-state index contributed by atoms with van der Waals surface area (Å²) in [7, 11) is 1.30. The number of methoxy groups -OCH3 is 1. The van der Waals surface area contributed by atoms with Crippen LogP contribution in [0.4, 0.5) is 0 Å². The second-order valence-electron chi connectivity index (χ2n) is 3.46. The van der Waals surface area contributed by atoms with E-state index in [0.717, 1.165) is 4.47 Å². The van der Waals surface area contributed by atoms with Gasteiger partial charge < -0.3 is 17.0 Å². The molecule has 0 spiro atoms. The molecule has 1 N–H and O–H groups in total. The number of carbonyl (C=O) groups excluding carboxylic acids is 2. The van der Waals surface area contributed by atoms with E-state index >= 15 is 0 Å². The van der Waals surface area contributed by atoms with Gasteiger partial charge in [-0.15, -0.1) is 0 Å². The summed E-state index contributed by atoms with van der Waals surface area (Å²) in [5.74, 6) is -0.664. The van der Waals surface area contributed by atoms with E-state index in [9.17, 15) is 9.59 Å². The van der Waals surface area contributed by atoms with Crippen LogP contribution in [0.1, 0.15) is 16.8 Å². The van der Waals surface area contributed by atoms with E-state index in [2.05, 4.69) is 52.7 Å². The summed E-state index contributed by atoms with van der Waals surface area (Å²) >= 11 is 6.90. The van der Waals surface area contributed by atoms with Gasteiger partial charge >= 0.3 is 40.5 Å². The van der Waals surface area contributed by atoms with Crippen LogP contribution in [0.3, 0.4) is 0 Å². The van der Waals surface area contributed by atoms with Crippen LogP contribution < -0.4 is 5.32 Å². The fourth-order valence-corrected chi connectivity index (χ4v) is 1.47. The predicted molar refractivity (Wildman–Crippen MR) is 81.4 cm³/mol. The van der Waals surface area contributed by atoms with Crippen molar-refractivity contribution >= 4 is 47.6 Å². The minimum atomic E-state index is -0.501. The van der Waals surface area contributed by atoms with Crippen LogP contribution in [-0.4, -0.2) is 25.0 Å². The molecule has 1 rings (SSSR count). The number of esters is 1. The first-order valence-corrected chi connectivity index (χ1v) is 15.1. The van der Waals surface area contributed by atoms with Gasteiger partial charge in [0.2, 0.25) is 5.91 Å². The SMILES string of the molecule is [CH2-][C@H](CC(=O)OC)NC(=O)c1ccc(Br)cc1.[Zn+][I]. The molecule has 0 aliphatic heterocycles. The Hall–Kier alpha value is -0.00662. The Kier molecular flexibility index (Phi) is 10.7. The summed E-state index contributed by atoms with van der Waals surface area (Å²) in [6, 6.07) is 6.41. The van der Waals surface area contributed by atoms with Crippen LogP contribution in [0.2, 0.25) is 0 Å². The van der Waals surface area contributed by atoms with Gasteiger partial charge in [-0.2, -0.15) is 0 Å². The molecule has 100 valence electrons. The van der Waals surface area contributed by atoms with Crippen LogP contribution in [0.5, 0.6) is 0 Å². The number of hydrogen-bond donors (Lipinski definition) is 1. The molecule has 0 heterocycles. The molecule has 4 nitrogen and oxygen atoms in total.